The number of carbonyl (C=O) groups is 1. The third kappa shape index (κ3) is 3.31. The standard InChI is InChI=1S/C22H21N3O3S/c1-15-14-28-20-7-3-2-6-17(20)24(15)13-22(26)25-18(21-9-5-11-29-21)12-16(23-25)19-8-4-10-27-19/h2-11,15,18H,12-14H2,1H3. The summed E-state index contributed by atoms with van der Waals surface area (Å²) < 4.78 is 11.3. The summed E-state index contributed by atoms with van der Waals surface area (Å²) in [5.41, 5.74) is 1.75. The number of anilines is 1. The van der Waals surface area contributed by atoms with E-state index in [-0.39, 0.29) is 24.5 Å². The van der Waals surface area contributed by atoms with Gasteiger partial charge in [0.15, 0.2) is 0 Å². The summed E-state index contributed by atoms with van der Waals surface area (Å²) >= 11 is 1.64. The Morgan fingerprint density at radius 2 is 2.10 bits per heavy atom. The second-order valence-corrected chi connectivity index (χ2v) is 8.23. The van der Waals surface area contributed by atoms with Gasteiger partial charge in [0.05, 0.1) is 30.6 Å². The third-order valence-corrected chi connectivity index (χ3v) is 6.31. The van der Waals surface area contributed by atoms with Gasteiger partial charge in [0.25, 0.3) is 5.91 Å². The van der Waals surface area contributed by atoms with Crippen LogP contribution in [0.15, 0.2) is 69.7 Å². The smallest absolute Gasteiger partial charge is 0.262 e. The number of rotatable bonds is 4. The maximum Gasteiger partial charge on any atom is 0.262 e. The van der Waals surface area contributed by atoms with Crippen molar-refractivity contribution in [3.63, 3.8) is 0 Å². The van der Waals surface area contributed by atoms with Crippen molar-refractivity contribution in [1.82, 2.24) is 5.01 Å². The van der Waals surface area contributed by atoms with Gasteiger partial charge in [-0.1, -0.05) is 18.2 Å². The second-order valence-electron chi connectivity index (χ2n) is 7.25. The summed E-state index contributed by atoms with van der Waals surface area (Å²) in [6.45, 7) is 2.87. The first-order valence-corrected chi connectivity index (χ1v) is 10.5. The van der Waals surface area contributed by atoms with Crippen molar-refractivity contribution in [3.05, 3.63) is 70.8 Å². The van der Waals surface area contributed by atoms with Crippen molar-refractivity contribution in [1.29, 1.82) is 0 Å². The average molecular weight is 407 g/mol. The van der Waals surface area contributed by atoms with Gasteiger partial charge < -0.3 is 14.1 Å². The van der Waals surface area contributed by atoms with Gasteiger partial charge in [-0.2, -0.15) is 5.10 Å². The van der Waals surface area contributed by atoms with E-state index < -0.39 is 0 Å². The lowest BCUT2D eigenvalue weighted by atomic mass is 10.1. The zero-order chi connectivity index (χ0) is 19.8. The van der Waals surface area contributed by atoms with Crippen molar-refractivity contribution in [3.8, 4) is 5.75 Å². The van der Waals surface area contributed by atoms with E-state index in [0.717, 1.165) is 22.0 Å². The van der Waals surface area contributed by atoms with Gasteiger partial charge >= 0.3 is 0 Å². The number of hydrogen-bond acceptors (Lipinski definition) is 6. The topological polar surface area (TPSA) is 58.3 Å². The number of hydrogen-bond donors (Lipinski definition) is 0. The molecule has 2 aliphatic rings. The van der Waals surface area contributed by atoms with E-state index in [9.17, 15) is 4.79 Å². The predicted molar refractivity (Wildman–Crippen MR) is 113 cm³/mol. The minimum Gasteiger partial charge on any atom is -0.489 e. The minimum absolute atomic E-state index is 0.0338. The lowest BCUT2D eigenvalue weighted by molar-refractivity contribution is -0.131. The van der Waals surface area contributed by atoms with Gasteiger partial charge in [0.1, 0.15) is 23.8 Å². The highest BCUT2D eigenvalue weighted by Crippen LogP contribution is 2.37. The van der Waals surface area contributed by atoms with E-state index in [2.05, 4.69) is 23.0 Å². The molecule has 0 radical (unpaired) electrons. The van der Waals surface area contributed by atoms with Crippen molar-refractivity contribution in [2.75, 3.05) is 18.1 Å². The lowest BCUT2D eigenvalue weighted by Crippen LogP contribution is -2.46. The van der Waals surface area contributed by atoms with Crippen molar-refractivity contribution in [2.45, 2.75) is 25.4 Å². The van der Waals surface area contributed by atoms with Gasteiger partial charge in [0, 0.05) is 11.3 Å². The molecule has 1 amide bonds. The first-order valence-electron chi connectivity index (χ1n) is 9.66. The quantitative estimate of drug-likeness (QED) is 0.647. The molecule has 3 aromatic rings. The first-order chi connectivity index (χ1) is 14.2. The van der Waals surface area contributed by atoms with Gasteiger partial charge in [0.2, 0.25) is 0 Å². The number of furan rings is 1. The Morgan fingerprint density at radius 3 is 2.90 bits per heavy atom. The number of para-hydroxylation sites is 2. The molecular weight excluding hydrogens is 386 g/mol. The molecule has 0 spiro atoms. The highest BCUT2D eigenvalue weighted by Gasteiger charge is 2.36. The molecule has 0 fully saturated rings. The molecule has 0 N–H and O–H groups in total. The molecule has 7 heteroatoms. The van der Waals surface area contributed by atoms with Crippen LogP contribution in [-0.2, 0) is 4.79 Å². The molecular formula is C22H21N3O3S. The number of hydrazone groups is 1. The molecule has 1 aromatic carbocycles. The fourth-order valence-corrected chi connectivity index (χ4v) is 4.66. The summed E-state index contributed by atoms with van der Waals surface area (Å²) in [5, 5.41) is 8.33. The van der Waals surface area contributed by atoms with E-state index in [4.69, 9.17) is 9.15 Å². The summed E-state index contributed by atoms with van der Waals surface area (Å²) in [6, 6.07) is 15.6. The monoisotopic (exact) mass is 407 g/mol. The van der Waals surface area contributed by atoms with E-state index >= 15 is 0 Å². The number of amides is 1. The highest BCUT2D eigenvalue weighted by atomic mass is 32.1. The van der Waals surface area contributed by atoms with Crippen LogP contribution >= 0.6 is 11.3 Å². The Bertz CT molecular complexity index is 1030. The Hall–Kier alpha value is -3.06. The summed E-state index contributed by atoms with van der Waals surface area (Å²) in [7, 11) is 0. The van der Waals surface area contributed by atoms with Gasteiger partial charge in [-0.25, -0.2) is 5.01 Å². The van der Waals surface area contributed by atoms with Gasteiger partial charge in [-0.05, 0) is 42.6 Å². The SMILES string of the molecule is CC1COc2ccccc2N1CC(=O)N1N=C(c2ccco2)CC1c1cccs1. The number of thiophene rings is 1. The fraction of sp³-hybridized carbons (Fsp3) is 0.273. The number of ether oxygens (including phenoxy) is 1. The number of nitrogens with zero attached hydrogens (tertiary/aromatic N) is 3. The van der Waals surface area contributed by atoms with Gasteiger partial charge in [-0.15, -0.1) is 11.3 Å². The van der Waals surface area contributed by atoms with Crippen LogP contribution in [0.4, 0.5) is 5.69 Å². The van der Waals surface area contributed by atoms with Crippen LogP contribution in [0.25, 0.3) is 0 Å². The molecule has 0 saturated carbocycles. The Labute approximate surface area is 173 Å². The van der Waals surface area contributed by atoms with Crippen molar-refractivity contribution < 1.29 is 13.9 Å². The van der Waals surface area contributed by atoms with Crippen molar-refractivity contribution >= 4 is 28.6 Å². The molecule has 0 saturated heterocycles. The molecule has 148 valence electrons. The van der Waals surface area contributed by atoms with Crippen LogP contribution < -0.4 is 9.64 Å². The molecule has 2 unspecified atom stereocenters. The number of benzene rings is 1. The Balaban J connectivity index is 1.44. The molecule has 0 bridgehead atoms. The molecule has 2 aromatic heterocycles. The number of fused-ring (bicyclic) bond motifs is 1. The number of carbonyl (C=O) groups excluding carboxylic acids is 1. The van der Waals surface area contributed by atoms with Crippen LogP contribution in [-0.4, -0.2) is 35.8 Å². The molecule has 5 rings (SSSR count). The minimum atomic E-state index is -0.103. The van der Waals surface area contributed by atoms with Crippen molar-refractivity contribution in [2.24, 2.45) is 5.10 Å². The Morgan fingerprint density at radius 1 is 1.21 bits per heavy atom. The van der Waals surface area contributed by atoms with Crippen LogP contribution in [0.2, 0.25) is 0 Å². The van der Waals surface area contributed by atoms with E-state index in [1.54, 1.807) is 22.6 Å². The highest BCUT2D eigenvalue weighted by molar-refractivity contribution is 7.10. The zero-order valence-electron chi connectivity index (χ0n) is 16.0. The van der Waals surface area contributed by atoms with Gasteiger partial charge in [-0.3, -0.25) is 4.79 Å². The second kappa shape index (κ2) is 7.40. The lowest BCUT2D eigenvalue weighted by Gasteiger charge is -2.37. The summed E-state index contributed by atoms with van der Waals surface area (Å²) in [6.07, 6.45) is 2.28. The van der Waals surface area contributed by atoms with Crippen LogP contribution in [0.1, 0.15) is 30.0 Å². The average Bonchev–Trinajstić information content (AvgIpc) is 3.49. The predicted octanol–water partition coefficient (Wildman–Crippen LogP) is 4.31. The maximum absolute atomic E-state index is 13.4. The normalized spacial score (nSPS) is 20.9. The molecule has 2 aliphatic heterocycles. The van der Waals surface area contributed by atoms with Crippen LogP contribution in [0, 0.1) is 0 Å². The molecule has 29 heavy (non-hydrogen) atoms. The largest absolute Gasteiger partial charge is 0.489 e. The molecule has 2 atom stereocenters. The molecule has 0 aliphatic carbocycles. The van der Waals surface area contributed by atoms with E-state index in [1.807, 2.05) is 47.8 Å². The van der Waals surface area contributed by atoms with Crippen LogP contribution in [0.3, 0.4) is 0 Å². The maximum atomic E-state index is 13.4. The van der Waals surface area contributed by atoms with E-state index in [0.29, 0.717) is 18.8 Å². The van der Waals surface area contributed by atoms with E-state index in [1.165, 1.54) is 0 Å². The summed E-state index contributed by atoms with van der Waals surface area (Å²) in [5.74, 6) is 1.50. The first kappa shape index (κ1) is 18.0. The molecule has 6 nitrogen and oxygen atoms in total. The third-order valence-electron chi connectivity index (χ3n) is 5.34. The Kier molecular flexibility index (Phi) is 4.60. The fourth-order valence-electron chi connectivity index (χ4n) is 3.85. The molecule has 4 heterocycles. The van der Waals surface area contributed by atoms with Crippen LogP contribution in [0.5, 0.6) is 5.75 Å². The summed E-state index contributed by atoms with van der Waals surface area (Å²) in [4.78, 5) is 16.6. The zero-order valence-corrected chi connectivity index (χ0v) is 16.8.